The Morgan fingerprint density at radius 3 is 2.37 bits per heavy atom. The average molecular weight is 393 g/mol. The van der Waals surface area contributed by atoms with Crippen molar-refractivity contribution < 1.29 is 22.8 Å². The highest BCUT2D eigenvalue weighted by molar-refractivity contribution is 7.88. The quantitative estimate of drug-likeness (QED) is 0.725. The third-order valence-electron chi connectivity index (χ3n) is 5.03. The molecule has 2 heterocycles. The van der Waals surface area contributed by atoms with Crippen LogP contribution in [0.15, 0.2) is 24.3 Å². The van der Waals surface area contributed by atoms with Gasteiger partial charge in [0, 0.05) is 37.7 Å². The van der Waals surface area contributed by atoms with Crippen LogP contribution in [-0.4, -0.2) is 67.3 Å². The molecule has 3 amide bonds. The Labute approximate surface area is 158 Å². The average Bonchev–Trinajstić information content (AvgIpc) is 2.91. The van der Waals surface area contributed by atoms with Gasteiger partial charge in [0.05, 0.1) is 12.2 Å². The molecule has 3 rings (SSSR count). The second-order valence-corrected chi connectivity index (χ2v) is 9.12. The van der Waals surface area contributed by atoms with Crippen LogP contribution in [0.25, 0.3) is 0 Å². The molecule has 0 aliphatic carbocycles. The van der Waals surface area contributed by atoms with Gasteiger partial charge in [0.1, 0.15) is 0 Å². The first-order valence-electron chi connectivity index (χ1n) is 8.84. The van der Waals surface area contributed by atoms with E-state index in [-0.39, 0.29) is 42.6 Å². The zero-order valence-corrected chi connectivity index (χ0v) is 16.2. The van der Waals surface area contributed by atoms with Gasteiger partial charge >= 0.3 is 0 Å². The van der Waals surface area contributed by atoms with Gasteiger partial charge in [-0.05, 0) is 31.0 Å². The third kappa shape index (κ3) is 4.36. The number of carbonyl (C=O) groups is 3. The first kappa shape index (κ1) is 19.5. The zero-order chi connectivity index (χ0) is 19.8. The molecule has 27 heavy (non-hydrogen) atoms. The zero-order valence-electron chi connectivity index (χ0n) is 15.3. The van der Waals surface area contributed by atoms with E-state index in [9.17, 15) is 22.8 Å². The van der Waals surface area contributed by atoms with Crippen molar-refractivity contribution in [1.82, 2.24) is 14.5 Å². The van der Waals surface area contributed by atoms with Crippen molar-refractivity contribution >= 4 is 27.7 Å². The van der Waals surface area contributed by atoms with Gasteiger partial charge in [0.25, 0.3) is 5.91 Å². The number of imide groups is 1. The maximum atomic E-state index is 12.7. The van der Waals surface area contributed by atoms with Crippen molar-refractivity contribution in [3.05, 3.63) is 35.4 Å². The molecular weight excluding hydrogens is 370 g/mol. The maximum Gasteiger partial charge on any atom is 0.253 e. The minimum Gasteiger partial charge on any atom is -0.336 e. The summed E-state index contributed by atoms with van der Waals surface area (Å²) in [7, 11) is -3.28. The number of sulfonamides is 1. The van der Waals surface area contributed by atoms with E-state index in [1.54, 1.807) is 36.1 Å². The molecule has 1 aromatic carbocycles. The minimum absolute atomic E-state index is 0.143. The van der Waals surface area contributed by atoms with Gasteiger partial charge in [-0.25, -0.2) is 8.42 Å². The lowest BCUT2D eigenvalue weighted by molar-refractivity contribution is -0.125. The Hall–Kier alpha value is -2.26. The highest BCUT2D eigenvalue weighted by Crippen LogP contribution is 2.19. The molecule has 2 atom stereocenters. The van der Waals surface area contributed by atoms with E-state index in [4.69, 9.17) is 0 Å². The molecule has 2 aliphatic rings. The van der Waals surface area contributed by atoms with E-state index in [0.29, 0.717) is 25.1 Å². The second-order valence-electron chi connectivity index (χ2n) is 7.19. The molecule has 1 aromatic rings. The molecule has 1 N–H and O–H groups in total. The Bertz CT molecular complexity index is 865. The van der Waals surface area contributed by atoms with Crippen LogP contribution in [-0.2, 0) is 26.0 Å². The largest absolute Gasteiger partial charge is 0.336 e. The van der Waals surface area contributed by atoms with E-state index in [1.807, 2.05) is 0 Å². The first-order chi connectivity index (χ1) is 12.6. The fraction of sp³-hybridized carbons (Fsp3) is 0.500. The Morgan fingerprint density at radius 1 is 1.19 bits per heavy atom. The Morgan fingerprint density at radius 2 is 1.85 bits per heavy atom. The van der Waals surface area contributed by atoms with E-state index < -0.39 is 10.0 Å². The van der Waals surface area contributed by atoms with Crippen molar-refractivity contribution in [2.45, 2.75) is 25.8 Å². The summed E-state index contributed by atoms with van der Waals surface area (Å²) in [6.45, 7) is 2.77. The minimum atomic E-state index is -3.28. The fourth-order valence-electron chi connectivity index (χ4n) is 3.64. The van der Waals surface area contributed by atoms with E-state index in [1.165, 1.54) is 10.6 Å². The molecule has 2 saturated heterocycles. The van der Waals surface area contributed by atoms with Gasteiger partial charge in [0.15, 0.2) is 0 Å². The molecule has 0 aromatic heterocycles. The predicted octanol–water partition coefficient (Wildman–Crippen LogP) is -0.00230. The Balaban J connectivity index is 1.63. The monoisotopic (exact) mass is 393 g/mol. The molecule has 9 heteroatoms. The second kappa shape index (κ2) is 7.40. The third-order valence-corrected chi connectivity index (χ3v) is 6.42. The lowest BCUT2D eigenvalue weighted by atomic mass is 9.97. The van der Waals surface area contributed by atoms with Crippen LogP contribution in [0.2, 0.25) is 0 Å². The number of nitrogens with zero attached hydrogens (tertiary/aromatic N) is 2. The molecule has 2 aliphatic heterocycles. The molecule has 0 saturated carbocycles. The van der Waals surface area contributed by atoms with Crippen LogP contribution >= 0.6 is 0 Å². The normalized spacial score (nSPS) is 24.1. The van der Waals surface area contributed by atoms with Gasteiger partial charge in [0.2, 0.25) is 21.8 Å². The van der Waals surface area contributed by atoms with E-state index in [2.05, 4.69) is 5.32 Å². The number of benzene rings is 1. The molecule has 2 fully saturated rings. The number of nitrogens with one attached hydrogen (secondary N) is 1. The first-order valence-corrected chi connectivity index (χ1v) is 10.7. The van der Waals surface area contributed by atoms with Crippen LogP contribution in [0.4, 0.5) is 0 Å². The lowest BCUT2D eigenvalue weighted by Gasteiger charge is -2.38. The molecule has 0 radical (unpaired) electrons. The van der Waals surface area contributed by atoms with Gasteiger partial charge in [-0.1, -0.05) is 12.1 Å². The van der Waals surface area contributed by atoms with Gasteiger partial charge in [-0.2, -0.15) is 4.31 Å². The van der Waals surface area contributed by atoms with Crippen molar-refractivity contribution in [2.75, 3.05) is 25.9 Å². The van der Waals surface area contributed by atoms with Gasteiger partial charge in [-0.3, -0.25) is 19.7 Å². The van der Waals surface area contributed by atoms with Crippen LogP contribution in [0, 0.1) is 5.92 Å². The number of rotatable bonds is 4. The molecule has 0 unspecified atom stereocenters. The van der Waals surface area contributed by atoms with Crippen molar-refractivity contribution in [3.8, 4) is 0 Å². The smallest absolute Gasteiger partial charge is 0.253 e. The van der Waals surface area contributed by atoms with E-state index >= 15 is 0 Å². The number of carbonyl (C=O) groups excluding carboxylic acids is 3. The number of hydrogen-bond acceptors (Lipinski definition) is 5. The summed E-state index contributed by atoms with van der Waals surface area (Å²) in [5.41, 5.74) is 1.40. The summed E-state index contributed by atoms with van der Waals surface area (Å²) in [6.07, 6.45) is 1.83. The van der Waals surface area contributed by atoms with Crippen LogP contribution in [0.1, 0.15) is 29.3 Å². The van der Waals surface area contributed by atoms with Crippen molar-refractivity contribution in [1.29, 1.82) is 0 Å². The van der Waals surface area contributed by atoms with Gasteiger partial charge < -0.3 is 4.90 Å². The predicted molar refractivity (Wildman–Crippen MR) is 98.3 cm³/mol. The Kier molecular flexibility index (Phi) is 5.34. The maximum absolute atomic E-state index is 12.7. The fourth-order valence-corrected chi connectivity index (χ4v) is 4.77. The summed E-state index contributed by atoms with van der Waals surface area (Å²) in [4.78, 5) is 37.3. The summed E-state index contributed by atoms with van der Waals surface area (Å²) in [5.74, 6) is -1.00. The topological polar surface area (TPSA) is 104 Å². The highest BCUT2D eigenvalue weighted by atomic mass is 32.2. The summed E-state index contributed by atoms with van der Waals surface area (Å²) in [5, 5.41) is 2.29. The number of amides is 3. The van der Waals surface area contributed by atoms with Crippen LogP contribution in [0.3, 0.4) is 0 Å². The highest BCUT2D eigenvalue weighted by Gasteiger charge is 2.32. The van der Waals surface area contributed by atoms with Crippen LogP contribution < -0.4 is 5.32 Å². The van der Waals surface area contributed by atoms with Crippen LogP contribution in [0.5, 0.6) is 0 Å². The summed E-state index contributed by atoms with van der Waals surface area (Å²) in [6, 6.07) is 6.73. The molecular formula is C18H23N3O5S. The van der Waals surface area contributed by atoms with Crippen molar-refractivity contribution in [3.63, 3.8) is 0 Å². The summed E-state index contributed by atoms with van der Waals surface area (Å²) < 4.78 is 24.9. The molecule has 8 nitrogen and oxygen atoms in total. The standard InChI is InChI=1S/C18H23N3O5S/c1-12-11-20(7-8-21(12)27(2,25)26)18(24)14-5-3-13(4-6-14)9-15-10-16(22)19-17(15)23/h3-6,12,15H,7-11H2,1-2H3,(H,19,22,23)/t12-,15-/m0/s1. The summed E-state index contributed by atoms with van der Waals surface area (Å²) >= 11 is 0. The number of piperazine rings is 1. The number of hydrogen-bond donors (Lipinski definition) is 1. The molecule has 146 valence electrons. The SMILES string of the molecule is C[C@H]1CN(C(=O)c2ccc(C[C@H]3CC(=O)NC3=O)cc2)CCN1S(C)(=O)=O. The lowest BCUT2D eigenvalue weighted by Crippen LogP contribution is -2.55. The molecule has 0 spiro atoms. The van der Waals surface area contributed by atoms with E-state index in [0.717, 1.165) is 5.56 Å². The van der Waals surface area contributed by atoms with Crippen molar-refractivity contribution in [2.24, 2.45) is 5.92 Å². The molecule has 0 bridgehead atoms. The van der Waals surface area contributed by atoms with Gasteiger partial charge in [-0.15, -0.1) is 0 Å².